The molecule has 1 rings (SSSR count). The molecule has 0 aromatic rings. The zero-order valence-electron chi connectivity index (χ0n) is 9.31. The van der Waals surface area contributed by atoms with Gasteiger partial charge in [-0.1, -0.05) is 39.0 Å². The SMILES string of the molecule is CCCCCC(NC)C1CCCC1. The van der Waals surface area contributed by atoms with Crippen molar-refractivity contribution >= 4 is 0 Å². The lowest BCUT2D eigenvalue weighted by atomic mass is 9.93. The molecule has 0 aliphatic heterocycles. The fraction of sp³-hybridized carbons (Fsp3) is 1.00. The molecule has 0 bridgehead atoms. The summed E-state index contributed by atoms with van der Waals surface area (Å²) in [5.74, 6) is 0.988. The zero-order valence-corrected chi connectivity index (χ0v) is 9.31. The molecule has 1 aliphatic carbocycles. The number of unbranched alkanes of at least 4 members (excludes halogenated alkanes) is 2. The van der Waals surface area contributed by atoms with Crippen LogP contribution in [0.5, 0.6) is 0 Å². The third kappa shape index (κ3) is 3.68. The van der Waals surface area contributed by atoms with Crippen LogP contribution in [0.3, 0.4) is 0 Å². The Morgan fingerprint density at radius 1 is 1.23 bits per heavy atom. The Morgan fingerprint density at radius 3 is 2.46 bits per heavy atom. The minimum absolute atomic E-state index is 0.814. The fourth-order valence-corrected chi connectivity index (χ4v) is 2.59. The van der Waals surface area contributed by atoms with Gasteiger partial charge in [0.15, 0.2) is 0 Å². The van der Waals surface area contributed by atoms with Gasteiger partial charge in [-0.15, -0.1) is 0 Å². The largest absolute Gasteiger partial charge is 0.317 e. The Morgan fingerprint density at radius 2 is 1.92 bits per heavy atom. The Kier molecular flexibility index (Phi) is 5.45. The smallest absolute Gasteiger partial charge is 0.00923 e. The molecule has 1 N–H and O–H groups in total. The molecule has 0 amide bonds. The van der Waals surface area contributed by atoms with Gasteiger partial charge in [0.1, 0.15) is 0 Å². The first-order valence-corrected chi connectivity index (χ1v) is 6.05. The minimum Gasteiger partial charge on any atom is -0.317 e. The van der Waals surface area contributed by atoms with E-state index in [-0.39, 0.29) is 0 Å². The van der Waals surface area contributed by atoms with Gasteiger partial charge in [-0.2, -0.15) is 0 Å². The van der Waals surface area contributed by atoms with Gasteiger partial charge in [0.2, 0.25) is 0 Å². The Balaban J connectivity index is 2.16. The van der Waals surface area contributed by atoms with Crippen molar-refractivity contribution in [3.05, 3.63) is 0 Å². The van der Waals surface area contributed by atoms with Gasteiger partial charge < -0.3 is 5.32 Å². The van der Waals surface area contributed by atoms with E-state index in [0.717, 1.165) is 12.0 Å². The van der Waals surface area contributed by atoms with Crippen molar-refractivity contribution in [2.45, 2.75) is 64.3 Å². The number of nitrogens with one attached hydrogen (secondary N) is 1. The highest BCUT2D eigenvalue weighted by molar-refractivity contribution is 4.79. The first-order valence-electron chi connectivity index (χ1n) is 6.05. The van der Waals surface area contributed by atoms with Crippen molar-refractivity contribution < 1.29 is 0 Å². The molecular weight excluding hydrogens is 158 g/mol. The van der Waals surface area contributed by atoms with E-state index in [1.807, 2.05) is 0 Å². The normalized spacial score (nSPS) is 20.8. The van der Waals surface area contributed by atoms with Crippen LogP contribution in [0.25, 0.3) is 0 Å². The van der Waals surface area contributed by atoms with Crippen LogP contribution < -0.4 is 5.32 Å². The average Bonchev–Trinajstić information content (AvgIpc) is 2.65. The molecule has 1 heteroatoms. The maximum Gasteiger partial charge on any atom is 0.00923 e. The van der Waals surface area contributed by atoms with Crippen molar-refractivity contribution in [3.8, 4) is 0 Å². The Bertz CT molecular complexity index is 116. The third-order valence-electron chi connectivity index (χ3n) is 3.46. The van der Waals surface area contributed by atoms with E-state index in [1.54, 1.807) is 0 Å². The molecule has 0 spiro atoms. The first kappa shape index (κ1) is 11.0. The van der Waals surface area contributed by atoms with Crippen LogP contribution in [-0.4, -0.2) is 13.1 Å². The van der Waals surface area contributed by atoms with E-state index in [0.29, 0.717) is 0 Å². The molecule has 1 unspecified atom stereocenters. The Hall–Kier alpha value is -0.0400. The molecule has 1 aliphatic rings. The van der Waals surface area contributed by atoms with Crippen LogP contribution in [0.15, 0.2) is 0 Å². The van der Waals surface area contributed by atoms with Gasteiger partial charge in [-0.3, -0.25) is 0 Å². The lowest BCUT2D eigenvalue weighted by Crippen LogP contribution is -2.32. The number of hydrogen-bond donors (Lipinski definition) is 1. The predicted octanol–water partition coefficient (Wildman–Crippen LogP) is 3.34. The van der Waals surface area contributed by atoms with Crippen molar-refractivity contribution in [2.75, 3.05) is 7.05 Å². The van der Waals surface area contributed by atoms with Crippen molar-refractivity contribution in [1.82, 2.24) is 5.32 Å². The van der Waals surface area contributed by atoms with E-state index >= 15 is 0 Å². The summed E-state index contributed by atoms with van der Waals surface area (Å²) in [7, 11) is 2.13. The standard InChI is InChI=1S/C12H25N/c1-3-4-5-10-12(13-2)11-8-6-7-9-11/h11-13H,3-10H2,1-2H3. The van der Waals surface area contributed by atoms with Crippen molar-refractivity contribution in [3.63, 3.8) is 0 Å². The van der Waals surface area contributed by atoms with Gasteiger partial charge >= 0.3 is 0 Å². The summed E-state index contributed by atoms with van der Waals surface area (Å²) in [6.07, 6.45) is 11.4. The van der Waals surface area contributed by atoms with Crippen molar-refractivity contribution in [1.29, 1.82) is 0 Å². The minimum atomic E-state index is 0.814. The van der Waals surface area contributed by atoms with E-state index < -0.39 is 0 Å². The van der Waals surface area contributed by atoms with Crippen LogP contribution >= 0.6 is 0 Å². The summed E-state index contributed by atoms with van der Waals surface area (Å²) in [5, 5.41) is 3.50. The van der Waals surface area contributed by atoms with E-state index in [4.69, 9.17) is 0 Å². The maximum absolute atomic E-state index is 3.50. The second-order valence-electron chi connectivity index (χ2n) is 4.44. The lowest BCUT2D eigenvalue weighted by molar-refractivity contribution is 0.350. The molecule has 1 fully saturated rings. The predicted molar refractivity (Wildman–Crippen MR) is 58.9 cm³/mol. The number of hydrogen-bond acceptors (Lipinski definition) is 1. The monoisotopic (exact) mass is 183 g/mol. The summed E-state index contributed by atoms with van der Waals surface area (Å²) in [6, 6.07) is 0.814. The fourth-order valence-electron chi connectivity index (χ4n) is 2.59. The summed E-state index contributed by atoms with van der Waals surface area (Å²) in [5.41, 5.74) is 0. The Labute approximate surface area is 83.3 Å². The molecule has 0 saturated heterocycles. The van der Waals surface area contributed by atoms with Crippen LogP contribution in [0.2, 0.25) is 0 Å². The van der Waals surface area contributed by atoms with Crippen molar-refractivity contribution in [2.24, 2.45) is 5.92 Å². The molecule has 0 aromatic heterocycles. The highest BCUT2D eigenvalue weighted by atomic mass is 14.9. The third-order valence-corrected chi connectivity index (χ3v) is 3.46. The average molecular weight is 183 g/mol. The second kappa shape index (κ2) is 6.42. The van der Waals surface area contributed by atoms with Crippen LogP contribution in [-0.2, 0) is 0 Å². The summed E-state index contributed by atoms with van der Waals surface area (Å²) >= 11 is 0. The summed E-state index contributed by atoms with van der Waals surface area (Å²) in [4.78, 5) is 0. The van der Waals surface area contributed by atoms with Crippen LogP contribution in [0.1, 0.15) is 58.3 Å². The molecule has 78 valence electrons. The molecular formula is C12H25N. The summed E-state index contributed by atoms with van der Waals surface area (Å²) < 4.78 is 0. The highest BCUT2D eigenvalue weighted by Crippen LogP contribution is 2.29. The van der Waals surface area contributed by atoms with E-state index in [9.17, 15) is 0 Å². The summed E-state index contributed by atoms with van der Waals surface area (Å²) in [6.45, 7) is 2.28. The topological polar surface area (TPSA) is 12.0 Å². The lowest BCUT2D eigenvalue weighted by Gasteiger charge is -2.22. The number of rotatable bonds is 6. The second-order valence-corrected chi connectivity index (χ2v) is 4.44. The molecule has 13 heavy (non-hydrogen) atoms. The molecule has 1 saturated carbocycles. The molecule has 1 nitrogen and oxygen atoms in total. The van der Waals surface area contributed by atoms with Crippen LogP contribution in [0.4, 0.5) is 0 Å². The zero-order chi connectivity index (χ0) is 9.52. The quantitative estimate of drug-likeness (QED) is 0.623. The van der Waals surface area contributed by atoms with E-state index in [1.165, 1.54) is 51.4 Å². The van der Waals surface area contributed by atoms with Gasteiger partial charge in [-0.05, 0) is 32.2 Å². The van der Waals surface area contributed by atoms with Crippen LogP contribution in [0, 0.1) is 5.92 Å². The first-order chi connectivity index (χ1) is 6.38. The van der Waals surface area contributed by atoms with Gasteiger partial charge in [-0.25, -0.2) is 0 Å². The van der Waals surface area contributed by atoms with E-state index in [2.05, 4.69) is 19.3 Å². The molecule has 0 heterocycles. The molecule has 1 atom stereocenters. The molecule has 0 radical (unpaired) electrons. The van der Waals surface area contributed by atoms with Gasteiger partial charge in [0.25, 0.3) is 0 Å². The maximum atomic E-state index is 3.50. The van der Waals surface area contributed by atoms with Gasteiger partial charge in [0.05, 0.1) is 0 Å². The molecule has 0 aromatic carbocycles. The van der Waals surface area contributed by atoms with Gasteiger partial charge in [0, 0.05) is 6.04 Å². The highest BCUT2D eigenvalue weighted by Gasteiger charge is 2.22.